The van der Waals surface area contributed by atoms with Crippen molar-refractivity contribution in [2.24, 2.45) is 0 Å². The van der Waals surface area contributed by atoms with Crippen LogP contribution in [0.5, 0.6) is 0 Å². The highest BCUT2D eigenvalue weighted by Crippen LogP contribution is 2.40. The van der Waals surface area contributed by atoms with E-state index in [1.807, 2.05) is 0 Å². The van der Waals surface area contributed by atoms with Crippen LogP contribution in [0, 0.1) is 0 Å². The summed E-state index contributed by atoms with van der Waals surface area (Å²) in [6.07, 6.45) is 5.31. The first-order valence-electron chi connectivity index (χ1n) is 10.5. The highest BCUT2D eigenvalue weighted by atomic mass is 32.2. The van der Waals surface area contributed by atoms with E-state index < -0.39 is 10.0 Å². The number of carbonyl (C=O) groups is 2. The maximum Gasteiger partial charge on any atom is 0.289 e. The number of carbonyl (C=O) groups excluding carboxylic acids is 2. The van der Waals surface area contributed by atoms with Gasteiger partial charge in [0, 0.05) is 43.0 Å². The molecule has 0 spiro atoms. The second kappa shape index (κ2) is 7.65. The number of rotatable bonds is 3. The van der Waals surface area contributed by atoms with Gasteiger partial charge in [0.1, 0.15) is 0 Å². The van der Waals surface area contributed by atoms with Gasteiger partial charge in [-0.3, -0.25) is 9.59 Å². The van der Waals surface area contributed by atoms with E-state index in [9.17, 15) is 18.0 Å². The largest absolute Gasteiger partial charge is 0.459 e. The lowest BCUT2D eigenvalue weighted by atomic mass is 10.00. The van der Waals surface area contributed by atoms with Crippen molar-refractivity contribution >= 4 is 33.1 Å². The summed E-state index contributed by atoms with van der Waals surface area (Å²) >= 11 is 0. The van der Waals surface area contributed by atoms with Crippen LogP contribution in [-0.4, -0.2) is 55.6 Å². The van der Waals surface area contributed by atoms with E-state index in [4.69, 9.17) is 4.42 Å². The molecule has 1 aliphatic carbocycles. The zero-order chi connectivity index (χ0) is 21.6. The number of nitrogens with one attached hydrogen (secondary N) is 1. The standard InChI is InChI=1S/C22H23N3O5S/c26-21-20(15-4-1-2-5-15)17-14-16(7-8-18(17)23-21)31(28,29)25-11-9-24(10-12-25)22(27)19-6-3-13-30-19/h3,6-8,13-14H,1-2,4-5,9-12H2,(H,23,26). The maximum absolute atomic E-state index is 13.3. The van der Waals surface area contributed by atoms with Gasteiger partial charge >= 0.3 is 0 Å². The van der Waals surface area contributed by atoms with E-state index in [1.165, 1.54) is 16.6 Å². The monoisotopic (exact) mass is 441 g/mol. The Labute approximate surface area is 180 Å². The van der Waals surface area contributed by atoms with Crippen LogP contribution >= 0.6 is 0 Å². The van der Waals surface area contributed by atoms with Gasteiger partial charge in [-0.2, -0.15) is 4.31 Å². The third-order valence-electron chi connectivity index (χ3n) is 6.19. The van der Waals surface area contributed by atoms with E-state index in [1.54, 1.807) is 29.2 Å². The normalized spacial score (nSPS) is 19.6. The lowest BCUT2D eigenvalue weighted by molar-refractivity contribution is -0.110. The van der Waals surface area contributed by atoms with Crippen LogP contribution in [0.15, 0.2) is 51.5 Å². The van der Waals surface area contributed by atoms with Gasteiger partial charge in [0.15, 0.2) is 5.76 Å². The Hall–Kier alpha value is -2.91. The van der Waals surface area contributed by atoms with Gasteiger partial charge in [0.05, 0.1) is 11.2 Å². The van der Waals surface area contributed by atoms with Crippen LogP contribution < -0.4 is 5.32 Å². The second-order valence-electron chi connectivity index (χ2n) is 8.02. The first-order chi connectivity index (χ1) is 14.9. The van der Waals surface area contributed by atoms with E-state index in [2.05, 4.69) is 5.32 Å². The highest BCUT2D eigenvalue weighted by molar-refractivity contribution is 7.89. The Balaban J connectivity index is 1.37. The van der Waals surface area contributed by atoms with Gasteiger partial charge in [-0.05, 0) is 56.0 Å². The molecule has 0 unspecified atom stereocenters. The maximum atomic E-state index is 13.3. The Bertz CT molecular complexity index is 1170. The Morgan fingerprint density at radius 3 is 2.45 bits per heavy atom. The fourth-order valence-electron chi connectivity index (χ4n) is 4.55. The fourth-order valence-corrected chi connectivity index (χ4v) is 6.00. The lowest BCUT2D eigenvalue weighted by Gasteiger charge is -2.33. The summed E-state index contributed by atoms with van der Waals surface area (Å²) in [5.74, 6) is -0.136. The number of hydrogen-bond acceptors (Lipinski definition) is 5. The quantitative estimate of drug-likeness (QED) is 0.739. The number of sulfonamides is 1. The predicted molar refractivity (Wildman–Crippen MR) is 114 cm³/mol. The van der Waals surface area contributed by atoms with Crippen LogP contribution in [0.4, 0.5) is 5.69 Å². The molecule has 9 heteroatoms. The number of benzene rings is 1. The zero-order valence-corrected chi connectivity index (χ0v) is 17.8. The number of allylic oxidation sites excluding steroid dienone is 1. The number of piperazine rings is 1. The summed E-state index contributed by atoms with van der Waals surface area (Å²) in [5, 5.41) is 2.86. The Morgan fingerprint density at radius 2 is 1.77 bits per heavy atom. The number of nitrogens with zero attached hydrogens (tertiary/aromatic N) is 2. The van der Waals surface area contributed by atoms with Crippen molar-refractivity contribution in [1.29, 1.82) is 0 Å². The van der Waals surface area contributed by atoms with Gasteiger partial charge in [-0.1, -0.05) is 5.57 Å². The summed E-state index contributed by atoms with van der Waals surface area (Å²) in [5.41, 5.74) is 3.08. The fraction of sp³-hybridized carbons (Fsp3) is 0.364. The molecule has 0 radical (unpaired) electrons. The van der Waals surface area contributed by atoms with Crippen LogP contribution in [-0.2, 0) is 14.8 Å². The third-order valence-corrected chi connectivity index (χ3v) is 8.09. The molecule has 2 amide bonds. The smallest absolute Gasteiger partial charge is 0.289 e. The number of amides is 2. The summed E-state index contributed by atoms with van der Waals surface area (Å²) in [7, 11) is -3.74. The molecule has 5 rings (SSSR count). The number of furan rings is 1. The average molecular weight is 442 g/mol. The molecule has 2 aliphatic heterocycles. The number of anilines is 1. The molecule has 162 valence electrons. The molecule has 3 aliphatic rings. The minimum atomic E-state index is -3.74. The van der Waals surface area contributed by atoms with E-state index in [0.29, 0.717) is 29.9 Å². The molecular formula is C22H23N3O5S. The predicted octanol–water partition coefficient (Wildman–Crippen LogP) is 2.71. The highest BCUT2D eigenvalue weighted by Gasteiger charge is 2.34. The van der Waals surface area contributed by atoms with E-state index in [-0.39, 0.29) is 35.6 Å². The van der Waals surface area contributed by atoms with Crippen molar-refractivity contribution in [3.63, 3.8) is 0 Å². The average Bonchev–Trinajstić information content (AvgIpc) is 3.53. The zero-order valence-electron chi connectivity index (χ0n) is 17.0. The van der Waals surface area contributed by atoms with Gasteiger partial charge in [0.25, 0.3) is 11.8 Å². The SMILES string of the molecule is O=C1Nc2ccc(S(=O)(=O)N3CCN(C(=O)c4ccco4)CC3)cc2C1=C1CCCC1. The summed E-state index contributed by atoms with van der Waals surface area (Å²) < 4.78 is 33.1. The molecule has 2 aromatic rings. The molecule has 0 atom stereocenters. The Kier molecular flexibility index (Phi) is 4.94. The van der Waals surface area contributed by atoms with Crippen molar-refractivity contribution in [3.8, 4) is 0 Å². The summed E-state index contributed by atoms with van der Waals surface area (Å²) in [6.45, 7) is 0.992. The van der Waals surface area contributed by atoms with Crippen LogP contribution in [0.3, 0.4) is 0 Å². The van der Waals surface area contributed by atoms with E-state index >= 15 is 0 Å². The molecule has 1 saturated carbocycles. The third kappa shape index (κ3) is 3.47. The van der Waals surface area contributed by atoms with Gasteiger partial charge < -0.3 is 14.6 Å². The molecule has 3 heterocycles. The van der Waals surface area contributed by atoms with Crippen LogP contribution in [0.2, 0.25) is 0 Å². The molecule has 1 aromatic carbocycles. The van der Waals surface area contributed by atoms with Crippen LogP contribution in [0.25, 0.3) is 5.57 Å². The summed E-state index contributed by atoms with van der Waals surface area (Å²) in [4.78, 5) is 26.7. The second-order valence-corrected chi connectivity index (χ2v) is 9.96. The van der Waals surface area contributed by atoms with Crippen molar-refractivity contribution in [3.05, 3.63) is 53.5 Å². The van der Waals surface area contributed by atoms with Crippen molar-refractivity contribution < 1.29 is 22.4 Å². The number of fused-ring (bicyclic) bond motifs is 1. The van der Waals surface area contributed by atoms with Crippen molar-refractivity contribution in [2.75, 3.05) is 31.5 Å². The van der Waals surface area contributed by atoms with E-state index in [0.717, 1.165) is 31.3 Å². The Morgan fingerprint density at radius 1 is 1.03 bits per heavy atom. The number of hydrogen-bond donors (Lipinski definition) is 1. The van der Waals surface area contributed by atoms with Crippen molar-refractivity contribution in [2.45, 2.75) is 30.6 Å². The van der Waals surface area contributed by atoms with Gasteiger partial charge in [0.2, 0.25) is 10.0 Å². The molecule has 2 fully saturated rings. The van der Waals surface area contributed by atoms with Gasteiger partial charge in [-0.25, -0.2) is 8.42 Å². The molecule has 1 aromatic heterocycles. The lowest BCUT2D eigenvalue weighted by Crippen LogP contribution is -2.50. The van der Waals surface area contributed by atoms with Gasteiger partial charge in [-0.15, -0.1) is 0 Å². The molecule has 8 nitrogen and oxygen atoms in total. The molecule has 1 N–H and O–H groups in total. The summed E-state index contributed by atoms with van der Waals surface area (Å²) in [6, 6.07) is 8.07. The molecular weight excluding hydrogens is 418 g/mol. The minimum absolute atomic E-state index is 0.147. The van der Waals surface area contributed by atoms with Crippen LogP contribution in [0.1, 0.15) is 41.8 Å². The minimum Gasteiger partial charge on any atom is -0.459 e. The first-order valence-corrected chi connectivity index (χ1v) is 11.9. The first kappa shape index (κ1) is 20.0. The molecule has 1 saturated heterocycles. The molecule has 0 bridgehead atoms. The van der Waals surface area contributed by atoms with Crippen molar-refractivity contribution in [1.82, 2.24) is 9.21 Å². The topological polar surface area (TPSA) is 99.9 Å². The molecule has 31 heavy (non-hydrogen) atoms.